The van der Waals surface area contributed by atoms with Gasteiger partial charge in [0.05, 0.1) is 9.47 Å². The molecule has 2 heterocycles. The molecule has 2 rings (SSSR count). The van der Waals surface area contributed by atoms with E-state index in [4.69, 9.17) is 5.73 Å². The van der Waals surface area contributed by atoms with Crippen LogP contribution in [0.4, 0.5) is 5.69 Å². The van der Waals surface area contributed by atoms with Crippen molar-refractivity contribution in [1.82, 2.24) is 4.98 Å². The summed E-state index contributed by atoms with van der Waals surface area (Å²) in [6.45, 7) is 0. The largest absolute Gasteiger partial charge is 0.365 e. The van der Waals surface area contributed by atoms with Crippen molar-refractivity contribution in [1.29, 1.82) is 0 Å². The number of anilines is 1. The topological polar surface area (TPSA) is 85.1 Å². The van der Waals surface area contributed by atoms with Crippen LogP contribution in [0.5, 0.6) is 0 Å². The summed E-state index contributed by atoms with van der Waals surface area (Å²) in [5.74, 6) is -0.928. The maximum atomic E-state index is 11.7. The summed E-state index contributed by atoms with van der Waals surface area (Å²) in [6.07, 6.45) is 1.54. The average Bonchev–Trinajstić information content (AvgIpc) is 2.86. The Balaban J connectivity index is 2.24. The van der Waals surface area contributed by atoms with Gasteiger partial charge in [0.15, 0.2) is 5.01 Å². The van der Waals surface area contributed by atoms with Gasteiger partial charge in [-0.15, -0.1) is 22.7 Å². The van der Waals surface area contributed by atoms with Crippen LogP contribution in [0.15, 0.2) is 21.4 Å². The van der Waals surface area contributed by atoms with Gasteiger partial charge in [-0.05, 0) is 22.0 Å². The van der Waals surface area contributed by atoms with Crippen LogP contribution in [-0.2, 0) is 0 Å². The highest BCUT2D eigenvalue weighted by atomic mass is 79.9. The first-order valence-corrected chi connectivity index (χ1v) is 6.87. The lowest BCUT2D eigenvalue weighted by atomic mass is 10.3. The van der Waals surface area contributed by atoms with E-state index in [1.165, 1.54) is 28.9 Å². The zero-order valence-corrected chi connectivity index (χ0v) is 11.5. The second kappa shape index (κ2) is 4.94. The van der Waals surface area contributed by atoms with E-state index in [0.717, 1.165) is 3.79 Å². The van der Waals surface area contributed by atoms with Crippen LogP contribution in [0.3, 0.4) is 0 Å². The molecule has 17 heavy (non-hydrogen) atoms. The number of rotatable bonds is 3. The zero-order valence-electron chi connectivity index (χ0n) is 8.27. The first-order valence-electron chi connectivity index (χ1n) is 4.38. The van der Waals surface area contributed by atoms with E-state index in [2.05, 4.69) is 26.2 Å². The molecule has 0 bridgehead atoms. The summed E-state index contributed by atoms with van der Waals surface area (Å²) in [4.78, 5) is 27.1. The van der Waals surface area contributed by atoms with Gasteiger partial charge in [-0.3, -0.25) is 9.59 Å². The van der Waals surface area contributed by atoms with Crippen LogP contribution in [0.1, 0.15) is 19.5 Å². The van der Waals surface area contributed by atoms with E-state index in [-0.39, 0.29) is 5.91 Å². The number of carbonyl (C=O) groups excluding carboxylic acids is 2. The maximum absolute atomic E-state index is 11.7. The van der Waals surface area contributed by atoms with Gasteiger partial charge >= 0.3 is 0 Å². The molecule has 0 aliphatic heterocycles. The summed E-state index contributed by atoms with van der Waals surface area (Å²) in [7, 11) is 0. The lowest BCUT2D eigenvalue weighted by Crippen LogP contribution is -2.16. The predicted molar refractivity (Wildman–Crippen MR) is 70.6 cm³/mol. The molecule has 0 aromatic carbocycles. The smallest absolute Gasteiger partial charge is 0.284 e. The molecule has 0 saturated carbocycles. The van der Waals surface area contributed by atoms with Crippen molar-refractivity contribution in [3.8, 4) is 0 Å². The quantitative estimate of drug-likeness (QED) is 0.904. The van der Waals surface area contributed by atoms with E-state index < -0.39 is 5.91 Å². The average molecular weight is 332 g/mol. The molecular formula is C9H6BrN3O2S2. The number of thiophene rings is 1. The van der Waals surface area contributed by atoms with Gasteiger partial charge in [0.2, 0.25) is 0 Å². The van der Waals surface area contributed by atoms with Gasteiger partial charge in [0, 0.05) is 11.6 Å². The molecule has 0 aliphatic carbocycles. The Labute approximate surface area is 113 Å². The normalized spacial score (nSPS) is 10.2. The molecular weight excluding hydrogens is 326 g/mol. The molecule has 0 unspecified atom stereocenters. The van der Waals surface area contributed by atoms with Crippen molar-refractivity contribution in [3.05, 3.63) is 31.3 Å². The summed E-state index contributed by atoms with van der Waals surface area (Å²) >= 11 is 5.63. The minimum Gasteiger partial charge on any atom is -0.365 e. The van der Waals surface area contributed by atoms with E-state index in [9.17, 15) is 9.59 Å². The fraction of sp³-hybridized carbons (Fsp3) is 0. The molecule has 88 valence electrons. The van der Waals surface area contributed by atoms with Crippen LogP contribution < -0.4 is 11.1 Å². The second-order valence-corrected chi connectivity index (χ2v) is 6.27. The Morgan fingerprint density at radius 3 is 2.82 bits per heavy atom. The van der Waals surface area contributed by atoms with Gasteiger partial charge in [-0.25, -0.2) is 4.98 Å². The highest BCUT2D eigenvalue weighted by Crippen LogP contribution is 2.31. The number of amides is 2. The molecule has 0 atom stereocenters. The van der Waals surface area contributed by atoms with Gasteiger partial charge in [-0.2, -0.15) is 0 Å². The molecule has 2 aromatic heterocycles. The Kier molecular flexibility index (Phi) is 3.55. The van der Waals surface area contributed by atoms with Gasteiger partial charge in [0.1, 0.15) is 4.88 Å². The fourth-order valence-corrected chi connectivity index (χ4v) is 3.09. The first-order chi connectivity index (χ1) is 8.08. The number of aromatic nitrogens is 1. The van der Waals surface area contributed by atoms with Crippen LogP contribution >= 0.6 is 38.6 Å². The van der Waals surface area contributed by atoms with Crippen molar-refractivity contribution in [2.75, 3.05) is 5.32 Å². The van der Waals surface area contributed by atoms with Gasteiger partial charge < -0.3 is 11.1 Å². The van der Waals surface area contributed by atoms with Crippen molar-refractivity contribution >= 4 is 56.1 Å². The zero-order chi connectivity index (χ0) is 12.4. The third kappa shape index (κ3) is 2.71. The third-order valence-electron chi connectivity index (χ3n) is 1.80. The van der Waals surface area contributed by atoms with Crippen LogP contribution in [0, 0.1) is 0 Å². The molecule has 0 fully saturated rings. The molecule has 2 amide bonds. The molecule has 0 aliphatic rings. The Bertz CT molecular complexity index is 565. The standard InChI is InChI=1S/C9H6BrN3O2S2/c10-5-3-4(6(17-5)7(11)14)13-8(15)9-12-1-2-16-9/h1-3H,(H2,11,14)(H,13,15). The molecule has 2 aromatic rings. The summed E-state index contributed by atoms with van der Waals surface area (Å²) in [5, 5.41) is 4.64. The molecule has 8 heteroatoms. The predicted octanol–water partition coefficient (Wildman–Crippen LogP) is 2.32. The minimum absolute atomic E-state index is 0.307. The lowest BCUT2D eigenvalue weighted by Gasteiger charge is -2.01. The molecule has 0 saturated heterocycles. The molecule has 3 N–H and O–H groups in total. The number of primary amides is 1. The molecule has 0 radical (unpaired) electrons. The van der Waals surface area contributed by atoms with Crippen LogP contribution in [0.2, 0.25) is 0 Å². The molecule has 0 spiro atoms. The van der Waals surface area contributed by atoms with Crippen LogP contribution in [0.25, 0.3) is 0 Å². The Morgan fingerprint density at radius 2 is 2.24 bits per heavy atom. The van der Waals surface area contributed by atoms with Gasteiger partial charge in [0.25, 0.3) is 11.8 Å². The van der Waals surface area contributed by atoms with E-state index in [1.54, 1.807) is 11.4 Å². The third-order valence-corrected chi connectivity index (χ3v) is 4.23. The summed E-state index contributed by atoms with van der Waals surface area (Å²) in [6, 6.07) is 1.64. The fourth-order valence-electron chi connectivity index (χ4n) is 1.15. The minimum atomic E-state index is -0.574. The van der Waals surface area contributed by atoms with Crippen molar-refractivity contribution < 1.29 is 9.59 Å². The van der Waals surface area contributed by atoms with Crippen molar-refractivity contribution in [2.24, 2.45) is 5.73 Å². The van der Waals surface area contributed by atoms with E-state index in [1.807, 2.05) is 0 Å². The van der Waals surface area contributed by atoms with Crippen molar-refractivity contribution in [2.45, 2.75) is 0 Å². The SMILES string of the molecule is NC(=O)c1sc(Br)cc1NC(=O)c1nccs1. The van der Waals surface area contributed by atoms with Crippen LogP contribution in [-0.4, -0.2) is 16.8 Å². The number of thiazole rings is 1. The maximum Gasteiger partial charge on any atom is 0.284 e. The number of carbonyl (C=O) groups is 2. The van der Waals surface area contributed by atoms with E-state index in [0.29, 0.717) is 15.6 Å². The Morgan fingerprint density at radius 1 is 1.47 bits per heavy atom. The Hall–Kier alpha value is -1.25. The van der Waals surface area contributed by atoms with E-state index >= 15 is 0 Å². The number of hydrogen-bond acceptors (Lipinski definition) is 5. The summed E-state index contributed by atoms with van der Waals surface area (Å²) < 4.78 is 0.723. The van der Waals surface area contributed by atoms with Gasteiger partial charge in [-0.1, -0.05) is 0 Å². The number of nitrogens with two attached hydrogens (primary N) is 1. The highest BCUT2D eigenvalue weighted by Gasteiger charge is 2.16. The number of nitrogens with zero attached hydrogens (tertiary/aromatic N) is 1. The number of nitrogens with one attached hydrogen (secondary N) is 1. The highest BCUT2D eigenvalue weighted by molar-refractivity contribution is 9.11. The number of halogens is 1. The first kappa shape index (κ1) is 12.2. The monoisotopic (exact) mass is 331 g/mol. The van der Waals surface area contributed by atoms with Crippen molar-refractivity contribution in [3.63, 3.8) is 0 Å². The summed E-state index contributed by atoms with van der Waals surface area (Å²) in [5.41, 5.74) is 5.61. The second-order valence-electron chi connectivity index (χ2n) is 2.95. The number of hydrogen-bond donors (Lipinski definition) is 2. The molecule has 5 nitrogen and oxygen atoms in total. The lowest BCUT2D eigenvalue weighted by molar-refractivity contribution is 0.100.